The van der Waals surface area contributed by atoms with Gasteiger partial charge < -0.3 is 11.1 Å². The van der Waals surface area contributed by atoms with Gasteiger partial charge in [-0.15, -0.1) is 0 Å². The molecule has 1 rings (SSSR count). The largest absolute Gasteiger partial charge is 0.395 e. The molecule has 0 atom stereocenters. The summed E-state index contributed by atoms with van der Waals surface area (Å²) >= 11 is 0. The molecule has 0 saturated carbocycles. The molecule has 0 aliphatic rings. The maximum absolute atomic E-state index is 11.7. The molecular weight excluding hydrogens is 204 g/mol. The Morgan fingerprint density at radius 3 is 2.88 bits per heavy atom. The van der Waals surface area contributed by atoms with Crippen molar-refractivity contribution in [1.82, 2.24) is 15.5 Å². The Morgan fingerprint density at radius 1 is 1.62 bits per heavy atom. The monoisotopic (exact) mass is 222 g/mol. The summed E-state index contributed by atoms with van der Waals surface area (Å²) in [6.45, 7) is 8.03. The van der Waals surface area contributed by atoms with Gasteiger partial charge in [-0.2, -0.15) is 5.10 Å². The minimum absolute atomic E-state index is 0.265. The predicted molar refractivity (Wildman–Crippen MR) is 64.1 cm³/mol. The van der Waals surface area contributed by atoms with Gasteiger partial charge in [-0.3, -0.25) is 9.89 Å². The maximum Gasteiger partial charge on any atom is 0.274 e. The molecule has 0 aromatic carbocycles. The second-order valence-electron chi connectivity index (χ2n) is 3.85. The van der Waals surface area contributed by atoms with Crippen molar-refractivity contribution in [2.45, 2.75) is 26.7 Å². The van der Waals surface area contributed by atoms with Crippen LogP contribution >= 0.6 is 0 Å². The van der Waals surface area contributed by atoms with Gasteiger partial charge in [-0.05, 0) is 13.3 Å². The summed E-state index contributed by atoms with van der Waals surface area (Å²) in [4.78, 5) is 11.7. The number of rotatable bonds is 5. The van der Waals surface area contributed by atoms with Crippen LogP contribution in [0.3, 0.4) is 0 Å². The summed E-state index contributed by atoms with van der Waals surface area (Å²) in [7, 11) is 0. The number of hydrogen-bond donors (Lipinski definition) is 3. The number of nitrogens with zero attached hydrogens (tertiary/aromatic N) is 1. The molecule has 4 N–H and O–H groups in total. The zero-order valence-electron chi connectivity index (χ0n) is 9.76. The van der Waals surface area contributed by atoms with Crippen LogP contribution in [0.4, 0.5) is 5.69 Å². The fourth-order valence-electron chi connectivity index (χ4n) is 1.32. The van der Waals surface area contributed by atoms with Crippen LogP contribution in [0.15, 0.2) is 12.2 Å². The van der Waals surface area contributed by atoms with Gasteiger partial charge >= 0.3 is 0 Å². The van der Waals surface area contributed by atoms with Crippen molar-refractivity contribution in [2.24, 2.45) is 0 Å². The van der Waals surface area contributed by atoms with Crippen LogP contribution < -0.4 is 11.1 Å². The third-order valence-corrected chi connectivity index (χ3v) is 2.15. The van der Waals surface area contributed by atoms with E-state index >= 15 is 0 Å². The quantitative estimate of drug-likeness (QED) is 0.655. The van der Waals surface area contributed by atoms with Gasteiger partial charge in [0.05, 0.1) is 11.4 Å². The standard InChI is InChI=1S/C11H18N4O/c1-4-5-8-9(12)10(15-14-8)11(16)13-6-7(2)3/h2,4-6,12H2,1,3H3,(H,13,16)(H,14,15). The van der Waals surface area contributed by atoms with Crippen LogP contribution in [0.1, 0.15) is 36.5 Å². The number of nitrogens with two attached hydrogens (primary N) is 1. The summed E-state index contributed by atoms with van der Waals surface area (Å²) in [5.41, 5.74) is 8.24. The van der Waals surface area contributed by atoms with E-state index < -0.39 is 0 Å². The lowest BCUT2D eigenvalue weighted by molar-refractivity contribution is 0.0953. The van der Waals surface area contributed by atoms with E-state index in [4.69, 9.17) is 5.73 Å². The fraction of sp³-hybridized carbons (Fsp3) is 0.455. The molecular formula is C11H18N4O. The lowest BCUT2D eigenvalue weighted by Crippen LogP contribution is -2.26. The predicted octanol–water partition coefficient (Wildman–Crippen LogP) is 1.25. The average Bonchev–Trinajstić information content (AvgIpc) is 2.58. The highest BCUT2D eigenvalue weighted by atomic mass is 16.1. The Hall–Kier alpha value is -1.78. The molecule has 0 spiro atoms. The minimum atomic E-state index is -0.265. The second-order valence-corrected chi connectivity index (χ2v) is 3.85. The number of carbonyl (C=O) groups is 1. The molecule has 0 fully saturated rings. The molecule has 88 valence electrons. The van der Waals surface area contributed by atoms with E-state index in [9.17, 15) is 4.79 Å². The van der Waals surface area contributed by atoms with Crippen LogP contribution in [0.25, 0.3) is 0 Å². The van der Waals surface area contributed by atoms with Crippen molar-refractivity contribution in [3.63, 3.8) is 0 Å². The number of carbonyl (C=O) groups excluding carboxylic acids is 1. The van der Waals surface area contributed by atoms with Gasteiger partial charge in [0.15, 0.2) is 5.69 Å². The van der Waals surface area contributed by atoms with Crippen molar-refractivity contribution in [3.8, 4) is 0 Å². The van der Waals surface area contributed by atoms with Crippen molar-refractivity contribution in [3.05, 3.63) is 23.5 Å². The highest BCUT2D eigenvalue weighted by Crippen LogP contribution is 2.15. The maximum atomic E-state index is 11.7. The van der Waals surface area contributed by atoms with Crippen molar-refractivity contribution >= 4 is 11.6 Å². The Kier molecular flexibility index (Phi) is 4.10. The molecule has 0 radical (unpaired) electrons. The zero-order valence-corrected chi connectivity index (χ0v) is 9.76. The normalized spacial score (nSPS) is 10.1. The summed E-state index contributed by atoms with van der Waals surface area (Å²) in [5, 5.41) is 9.40. The van der Waals surface area contributed by atoms with Gasteiger partial charge in [0, 0.05) is 6.54 Å². The van der Waals surface area contributed by atoms with Gasteiger partial charge in [0.1, 0.15) is 0 Å². The van der Waals surface area contributed by atoms with E-state index in [-0.39, 0.29) is 11.6 Å². The third-order valence-electron chi connectivity index (χ3n) is 2.15. The summed E-state index contributed by atoms with van der Waals surface area (Å²) in [5.74, 6) is -0.265. The van der Waals surface area contributed by atoms with Crippen molar-refractivity contribution in [1.29, 1.82) is 0 Å². The lowest BCUT2D eigenvalue weighted by Gasteiger charge is -2.02. The van der Waals surface area contributed by atoms with Crippen LogP contribution in [-0.2, 0) is 6.42 Å². The van der Waals surface area contributed by atoms with E-state index in [0.29, 0.717) is 12.2 Å². The fourth-order valence-corrected chi connectivity index (χ4v) is 1.32. The number of hydrogen-bond acceptors (Lipinski definition) is 3. The lowest BCUT2D eigenvalue weighted by atomic mass is 10.2. The van der Waals surface area contributed by atoms with Crippen LogP contribution in [-0.4, -0.2) is 22.6 Å². The van der Waals surface area contributed by atoms with E-state index in [2.05, 4.69) is 22.1 Å². The molecule has 5 nitrogen and oxygen atoms in total. The number of nitrogens with one attached hydrogen (secondary N) is 2. The number of H-pyrrole nitrogens is 1. The van der Waals surface area contributed by atoms with Gasteiger partial charge in [-0.25, -0.2) is 0 Å². The second kappa shape index (κ2) is 5.34. The summed E-state index contributed by atoms with van der Waals surface area (Å²) in [6, 6.07) is 0. The number of amides is 1. The van der Waals surface area contributed by atoms with E-state index in [1.165, 1.54) is 0 Å². The SMILES string of the molecule is C=C(C)CNC(=O)c1n[nH]c(CCC)c1N. The molecule has 0 unspecified atom stereocenters. The summed E-state index contributed by atoms with van der Waals surface area (Å²) in [6.07, 6.45) is 1.76. The molecule has 0 aliphatic carbocycles. The Morgan fingerprint density at radius 2 is 2.31 bits per heavy atom. The Bertz CT molecular complexity index is 395. The minimum Gasteiger partial charge on any atom is -0.395 e. The first-order valence-corrected chi connectivity index (χ1v) is 5.31. The Balaban J connectivity index is 2.72. The molecule has 5 heteroatoms. The Labute approximate surface area is 95.1 Å². The smallest absolute Gasteiger partial charge is 0.274 e. The number of aromatic nitrogens is 2. The molecule has 1 heterocycles. The average molecular weight is 222 g/mol. The number of aryl methyl sites for hydroxylation is 1. The molecule has 0 bridgehead atoms. The molecule has 1 amide bonds. The summed E-state index contributed by atoms with van der Waals surface area (Å²) < 4.78 is 0. The number of anilines is 1. The van der Waals surface area contributed by atoms with Crippen LogP contribution in [0, 0.1) is 0 Å². The number of aromatic amines is 1. The molecule has 1 aromatic rings. The van der Waals surface area contributed by atoms with Crippen molar-refractivity contribution < 1.29 is 4.79 Å². The van der Waals surface area contributed by atoms with E-state index in [1.807, 2.05) is 13.8 Å². The third kappa shape index (κ3) is 2.85. The molecule has 1 aromatic heterocycles. The molecule has 16 heavy (non-hydrogen) atoms. The number of nitrogen functional groups attached to an aromatic ring is 1. The highest BCUT2D eigenvalue weighted by molar-refractivity contribution is 5.97. The van der Waals surface area contributed by atoms with E-state index in [0.717, 1.165) is 24.1 Å². The topological polar surface area (TPSA) is 83.8 Å². The highest BCUT2D eigenvalue weighted by Gasteiger charge is 2.16. The van der Waals surface area contributed by atoms with Crippen molar-refractivity contribution in [2.75, 3.05) is 12.3 Å². The van der Waals surface area contributed by atoms with Crippen LogP contribution in [0.5, 0.6) is 0 Å². The van der Waals surface area contributed by atoms with Gasteiger partial charge in [-0.1, -0.05) is 25.5 Å². The zero-order chi connectivity index (χ0) is 12.1. The first-order valence-electron chi connectivity index (χ1n) is 5.31. The van der Waals surface area contributed by atoms with Crippen LogP contribution in [0.2, 0.25) is 0 Å². The molecule has 0 aliphatic heterocycles. The van der Waals surface area contributed by atoms with Gasteiger partial charge in [0.2, 0.25) is 0 Å². The molecule has 0 saturated heterocycles. The van der Waals surface area contributed by atoms with Gasteiger partial charge in [0.25, 0.3) is 5.91 Å². The van der Waals surface area contributed by atoms with E-state index in [1.54, 1.807) is 0 Å². The first-order chi connectivity index (χ1) is 7.56. The first kappa shape index (κ1) is 12.3.